The molecule has 0 aromatic rings. The van der Waals surface area contributed by atoms with Crippen LogP contribution in [0, 0.1) is 0 Å². The molecule has 3 N–H and O–H groups in total. The number of carboxylic acids is 1. The highest BCUT2D eigenvalue weighted by Gasteiger charge is 2.27. The van der Waals surface area contributed by atoms with Gasteiger partial charge in [-0.3, -0.25) is 0 Å². The molecule has 0 spiro atoms. The summed E-state index contributed by atoms with van der Waals surface area (Å²) < 4.78 is 4.80. The molecule has 0 bridgehead atoms. The zero-order valence-electron chi connectivity index (χ0n) is 5.32. The second-order valence-electron chi connectivity index (χ2n) is 2.16. The van der Waals surface area contributed by atoms with Crippen molar-refractivity contribution in [2.75, 3.05) is 6.61 Å². The van der Waals surface area contributed by atoms with Crippen LogP contribution in [0.2, 0.25) is 0 Å². The molecule has 1 heterocycles. The summed E-state index contributed by atoms with van der Waals surface area (Å²) in [7, 11) is 0. The number of carbonyl (C=O) groups is 1. The lowest BCUT2D eigenvalue weighted by Crippen LogP contribution is -2.22. The van der Waals surface area contributed by atoms with Gasteiger partial charge in [-0.05, 0) is 0 Å². The summed E-state index contributed by atoms with van der Waals surface area (Å²) in [5, 5.41) is 8.35. The van der Waals surface area contributed by atoms with E-state index < -0.39 is 12.1 Å². The van der Waals surface area contributed by atoms with Gasteiger partial charge in [0.1, 0.15) is 0 Å². The number of hydrogen-bond acceptors (Lipinski definition) is 3. The highest BCUT2D eigenvalue weighted by atomic mass is 35.5. The van der Waals surface area contributed by atoms with E-state index in [-0.39, 0.29) is 18.4 Å². The van der Waals surface area contributed by atoms with E-state index in [1.165, 1.54) is 0 Å². The first-order valence-corrected chi connectivity index (χ1v) is 2.80. The van der Waals surface area contributed by atoms with Crippen LogP contribution >= 0.6 is 12.4 Å². The topological polar surface area (TPSA) is 72.5 Å². The number of carboxylic acid groups (broad SMARTS) is 1. The minimum absolute atomic E-state index is 0. The summed E-state index contributed by atoms with van der Waals surface area (Å²) in [5.41, 5.74) is 5.37. The van der Waals surface area contributed by atoms with E-state index in [4.69, 9.17) is 15.6 Å². The maximum atomic E-state index is 10.2. The van der Waals surface area contributed by atoms with Crippen molar-refractivity contribution in [3.05, 3.63) is 0 Å². The Labute approximate surface area is 64.8 Å². The molecule has 1 aliphatic heterocycles. The summed E-state index contributed by atoms with van der Waals surface area (Å²) in [5.74, 6) is -0.914. The summed E-state index contributed by atoms with van der Waals surface area (Å²) in [4.78, 5) is 10.2. The van der Waals surface area contributed by atoms with Crippen LogP contribution in [-0.2, 0) is 9.53 Å². The smallest absolute Gasteiger partial charge is 0.332 e. The van der Waals surface area contributed by atoms with Crippen LogP contribution in [-0.4, -0.2) is 29.8 Å². The first-order valence-electron chi connectivity index (χ1n) is 2.80. The lowest BCUT2D eigenvalue weighted by atomic mass is 10.2. The largest absolute Gasteiger partial charge is 0.479 e. The van der Waals surface area contributed by atoms with Crippen molar-refractivity contribution >= 4 is 18.4 Å². The van der Waals surface area contributed by atoms with Gasteiger partial charge in [-0.2, -0.15) is 0 Å². The van der Waals surface area contributed by atoms with Gasteiger partial charge in [-0.1, -0.05) is 0 Å². The van der Waals surface area contributed by atoms with Gasteiger partial charge in [0.2, 0.25) is 0 Å². The average molecular weight is 168 g/mol. The normalized spacial score (nSPS) is 31.3. The van der Waals surface area contributed by atoms with E-state index in [0.29, 0.717) is 13.0 Å². The maximum absolute atomic E-state index is 10.2. The van der Waals surface area contributed by atoms with Gasteiger partial charge in [0.15, 0.2) is 6.10 Å². The molecule has 5 heteroatoms. The van der Waals surface area contributed by atoms with E-state index in [1.54, 1.807) is 0 Å². The van der Waals surface area contributed by atoms with Crippen molar-refractivity contribution in [3.63, 3.8) is 0 Å². The average Bonchev–Trinajstić information content (AvgIpc) is 2.14. The van der Waals surface area contributed by atoms with Crippen molar-refractivity contribution in [2.45, 2.75) is 18.6 Å². The van der Waals surface area contributed by atoms with Gasteiger partial charge >= 0.3 is 5.97 Å². The number of hydrogen-bond donors (Lipinski definition) is 2. The quantitative estimate of drug-likeness (QED) is 0.558. The molecule has 0 aliphatic carbocycles. The fourth-order valence-electron chi connectivity index (χ4n) is 0.823. The fourth-order valence-corrected chi connectivity index (χ4v) is 0.823. The van der Waals surface area contributed by atoms with Crippen molar-refractivity contribution in [3.8, 4) is 0 Å². The minimum Gasteiger partial charge on any atom is -0.479 e. The molecular weight excluding hydrogens is 158 g/mol. The number of ether oxygens (including phenoxy) is 1. The second-order valence-corrected chi connectivity index (χ2v) is 2.16. The standard InChI is InChI=1S/C5H9NO3.ClH/c6-3-1-4(5(7)8)9-2-3;/h3-4H,1-2,6H2,(H,7,8);1H/t3-,4+;/m0./s1. The molecule has 1 saturated heterocycles. The number of nitrogens with two attached hydrogens (primary N) is 1. The second kappa shape index (κ2) is 3.75. The number of aliphatic carboxylic acids is 1. The molecule has 0 radical (unpaired) electrons. The summed E-state index contributed by atoms with van der Waals surface area (Å²) in [6, 6.07) is -0.0916. The van der Waals surface area contributed by atoms with Crippen molar-refractivity contribution in [1.29, 1.82) is 0 Å². The van der Waals surface area contributed by atoms with Crippen molar-refractivity contribution < 1.29 is 14.6 Å². The highest BCUT2D eigenvalue weighted by Crippen LogP contribution is 2.10. The predicted molar refractivity (Wildman–Crippen MR) is 37.2 cm³/mol. The third-order valence-electron chi connectivity index (χ3n) is 1.30. The molecule has 4 nitrogen and oxygen atoms in total. The van der Waals surface area contributed by atoms with Gasteiger partial charge < -0.3 is 15.6 Å². The molecule has 0 saturated carbocycles. The summed E-state index contributed by atoms with van der Waals surface area (Å²) in [6.45, 7) is 0.372. The molecule has 1 aliphatic rings. The Hall–Kier alpha value is -0.320. The van der Waals surface area contributed by atoms with Crippen molar-refractivity contribution in [2.24, 2.45) is 5.73 Å². The molecule has 0 aromatic heterocycles. The van der Waals surface area contributed by atoms with E-state index >= 15 is 0 Å². The Bertz CT molecular complexity index is 130. The Morgan fingerprint density at radius 1 is 1.70 bits per heavy atom. The fraction of sp³-hybridized carbons (Fsp3) is 0.800. The summed E-state index contributed by atoms with van der Waals surface area (Å²) >= 11 is 0. The van der Waals surface area contributed by atoms with Crippen molar-refractivity contribution in [1.82, 2.24) is 0 Å². The van der Waals surface area contributed by atoms with Crippen LogP contribution in [0.1, 0.15) is 6.42 Å². The molecule has 0 aromatic carbocycles. The number of halogens is 1. The molecule has 1 rings (SSSR count). The molecular formula is C5H10ClNO3. The Morgan fingerprint density at radius 3 is 2.50 bits per heavy atom. The van der Waals surface area contributed by atoms with Crippen LogP contribution in [0.5, 0.6) is 0 Å². The Morgan fingerprint density at radius 2 is 2.30 bits per heavy atom. The van der Waals surface area contributed by atoms with Gasteiger partial charge in [-0.25, -0.2) is 4.79 Å². The minimum atomic E-state index is -0.914. The highest BCUT2D eigenvalue weighted by molar-refractivity contribution is 5.85. The predicted octanol–water partition coefficient (Wildman–Crippen LogP) is -0.391. The zero-order chi connectivity index (χ0) is 6.85. The van der Waals surface area contributed by atoms with Crippen LogP contribution in [0.25, 0.3) is 0 Å². The maximum Gasteiger partial charge on any atom is 0.332 e. The van der Waals surface area contributed by atoms with Gasteiger partial charge in [-0.15, -0.1) is 12.4 Å². The van der Waals surface area contributed by atoms with Gasteiger partial charge in [0.05, 0.1) is 6.61 Å². The molecule has 0 amide bonds. The van der Waals surface area contributed by atoms with Crippen LogP contribution in [0.15, 0.2) is 0 Å². The lowest BCUT2D eigenvalue weighted by Gasteiger charge is -1.98. The van der Waals surface area contributed by atoms with Crippen LogP contribution < -0.4 is 5.73 Å². The summed E-state index contributed by atoms with van der Waals surface area (Å²) in [6.07, 6.45) is -0.227. The third-order valence-corrected chi connectivity index (χ3v) is 1.30. The Balaban J connectivity index is 0.000000810. The van der Waals surface area contributed by atoms with E-state index in [0.717, 1.165) is 0 Å². The first kappa shape index (κ1) is 9.68. The Kier molecular flexibility index (Phi) is 3.63. The zero-order valence-corrected chi connectivity index (χ0v) is 6.13. The van der Waals surface area contributed by atoms with E-state index in [1.807, 2.05) is 0 Å². The molecule has 1 fully saturated rings. The number of rotatable bonds is 1. The molecule has 60 valence electrons. The molecule has 0 unspecified atom stereocenters. The lowest BCUT2D eigenvalue weighted by molar-refractivity contribution is -0.147. The van der Waals surface area contributed by atoms with Gasteiger partial charge in [0, 0.05) is 12.5 Å². The van der Waals surface area contributed by atoms with E-state index in [2.05, 4.69) is 0 Å². The molecule has 2 atom stereocenters. The van der Waals surface area contributed by atoms with Crippen LogP contribution in [0.3, 0.4) is 0 Å². The van der Waals surface area contributed by atoms with Gasteiger partial charge in [0.25, 0.3) is 0 Å². The SMILES string of the molecule is Cl.N[C@@H]1CO[C@@H](C(=O)O)C1. The molecule has 10 heavy (non-hydrogen) atoms. The van der Waals surface area contributed by atoms with E-state index in [9.17, 15) is 4.79 Å². The third kappa shape index (κ3) is 2.13. The first-order chi connectivity index (χ1) is 4.20. The monoisotopic (exact) mass is 167 g/mol. The van der Waals surface area contributed by atoms with Crippen LogP contribution in [0.4, 0.5) is 0 Å².